The van der Waals surface area contributed by atoms with E-state index in [0.717, 1.165) is 84.1 Å². The van der Waals surface area contributed by atoms with Gasteiger partial charge >= 0.3 is 0 Å². The molecule has 3 rings (SSSR count). The third-order valence-electron chi connectivity index (χ3n) is 5.87. The van der Waals surface area contributed by atoms with Crippen LogP contribution in [0.15, 0.2) is 6.20 Å². The zero-order valence-electron chi connectivity index (χ0n) is 16.8. The van der Waals surface area contributed by atoms with Crippen LogP contribution in [-0.4, -0.2) is 73.2 Å². The Kier molecular flexibility index (Phi) is 7.26. The molecule has 1 N–H and O–H groups in total. The summed E-state index contributed by atoms with van der Waals surface area (Å²) in [6, 6.07) is 0. The Hall–Kier alpha value is -1.44. The smallest absolute Gasteiger partial charge is 0.220 e. The zero-order valence-corrected chi connectivity index (χ0v) is 16.8. The second kappa shape index (κ2) is 9.66. The van der Waals surface area contributed by atoms with Crippen molar-refractivity contribution >= 4 is 5.91 Å². The van der Waals surface area contributed by atoms with Gasteiger partial charge in [-0.15, -0.1) is 0 Å². The Morgan fingerprint density at radius 3 is 2.59 bits per heavy atom. The maximum absolute atomic E-state index is 12.5. The van der Waals surface area contributed by atoms with Crippen LogP contribution in [0.25, 0.3) is 0 Å². The first-order valence-electron chi connectivity index (χ1n) is 10.3. The normalized spacial score (nSPS) is 20.5. The Bertz CT molecular complexity index is 604. The molecule has 2 aliphatic heterocycles. The van der Waals surface area contributed by atoms with E-state index in [4.69, 9.17) is 9.47 Å². The molecular weight excluding hydrogens is 344 g/mol. The molecule has 7 nitrogen and oxygen atoms in total. The van der Waals surface area contributed by atoms with E-state index in [0.29, 0.717) is 6.42 Å². The molecule has 2 fully saturated rings. The van der Waals surface area contributed by atoms with Crippen molar-refractivity contribution in [2.24, 2.45) is 5.41 Å². The van der Waals surface area contributed by atoms with E-state index in [1.165, 1.54) is 5.56 Å². The fraction of sp³-hybridized carbons (Fsp3) is 0.800. The third-order valence-corrected chi connectivity index (χ3v) is 5.87. The van der Waals surface area contributed by atoms with Crippen molar-refractivity contribution < 1.29 is 14.3 Å². The van der Waals surface area contributed by atoms with E-state index in [1.807, 2.05) is 11.6 Å². The molecule has 27 heavy (non-hydrogen) atoms. The SMILES string of the molecule is CCn1cc(CCC(=O)NCC2(CN3CCOCC3)CCOCC2)c(C)n1. The predicted octanol–water partition coefficient (Wildman–Crippen LogP) is 1.39. The molecule has 1 aromatic rings. The Balaban J connectivity index is 1.49. The first-order valence-corrected chi connectivity index (χ1v) is 10.3. The van der Waals surface area contributed by atoms with Gasteiger partial charge in [-0.05, 0) is 38.7 Å². The van der Waals surface area contributed by atoms with E-state index in [-0.39, 0.29) is 11.3 Å². The number of carbonyl (C=O) groups excluding carboxylic acids is 1. The summed E-state index contributed by atoms with van der Waals surface area (Å²) in [5.74, 6) is 0.131. The third kappa shape index (κ3) is 5.77. The van der Waals surface area contributed by atoms with Gasteiger partial charge in [0, 0.05) is 64.0 Å². The quantitative estimate of drug-likeness (QED) is 0.740. The lowest BCUT2D eigenvalue weighted by Crippen LogP contribution is -2.50. The van der Waals surface area contributed by atoms with E-state index in [1.54, 1.807) is 0 Å². The van der Waals surface area contributed by atoms with Gasteiger partial charge in [0.1, 0.15) is 0 Å². The number of hydrogen-bond acceptors (Lipinski definition) is 5. The Labute approximate surface area is 162 Å². The van der Waals surface area contributed by atoms with Crippen molar-refractivity contribution in [1.82, 2.24) is 20.0 Å². The zero-order chi connectivity index (χ0) is 19.1. The molecule has 0 spiro atoms. The van der Waals surface area contributed by atoms with Gasteiger partial charge in [-0.1, -0.05) is 0 Å². The highest BCUT2D eigenvalue weighted by atomic mass is 16.5. The van der Waals surface area contributed by atoms with Gasteiger partial charge in [0.25, 0.3) is 0 Å². The molecule has 0 aliphatic carbocycles. The highest BCUT2D eigenvalue weighted by Gasteiger charge is 2.35. The molecule has 0 bridgehead atoms. The molecule has 2 aliphatic rings. The molecule has 152 valence electrons. The van der Waals surface area contributed by atoms with Crippen LogP contribution in [0.2, 0.25) is 0 Å². The summed E-state index contributed by atoms with van der Waals surface area (Å²) in [6.45, 7) is 11.9. The van der Waals surface area contributed by atoms with Crippen LogP contribution in [0.5, 0.6) is 0 Å². The standard InChI is InChI=1S/C20H34N4O3/c1-3-24-14-18(17(2)22-24)4-5-19(25)21-15-20(6-10-26-11-7-20)16-23-8-12-27-13-9-23/h14H,3-13,15-16H2,1-2H3,(H,21,25). The molecule has 7 heteroatoms. The topological polar surface area (TPSA) is 68.6 Å². The van der Waals surface area contributed by atoms with Crippen molar-refractivity contribution in [2.45, 2.75) is 46.1 Å². The Morgan fingerprint density at radius 1 is 1.22 bits per heavy atom. The van der Waals surface area contributed by atoms with Gasteiger partial charge in [-0.2, -0.15) is 5.10 Å². The number of morpholine rings is 1. The van der Waals surface area contributed by atoms with Crippen molar-refractivity contribution in [1.29, 1.82) is 0 Å². The number of nitrogens with zero attached hydrogens (tertiary/aromatic N) is 3. The van der Waals surface area contributed by atoms with Gasteiger partial charge in [0.2, 0.25) is 5.91 Å². The van der Waals surface area contributed by atoms with Gasteiger partial charge < -0.3 is 14.8 Å². The molecule has 3 heterocycles. The summed E-state index contributed by atoms with van der Waals surface area (Å²) in [5, 5.41) is 7.67. The number of nitrogens with one attached hydrogen (secondary N) is 1. The summed E-state index contributed by atoms with van der Waals surface area (Å²) in [5.41, 5.74) is 2.31. The number of aryl methyl sites for hydroxylation is 3. The van der Waals surface area contributed by atoms with Crippen LogP contribution in [0.3, 0.4) is 0 Å². The number of amides is 1. The van der Waals surface area contributed by atoms with Crippen molar-refractivity contribution in [3.05, 3.63) is 17.5 Å². The minimum atomic E-state index is 0.119. The highest BCUT2D eigenvalue weighted by Crippen LogP contribution is 2.31. The van der Waals surface area contributed by atoms with E-state index in [2.05, 4.69) is 28.4 Å². The lowest BCUT2D eigenvalue weighted by molar-refractivity contribution is -0.122. The van der Waals surface area contributed by atoms with Crippen LogP contribution in [0, 0.1) is 12.3 Å². The molecule has 0 radical (unpaired) electrons. The second-order valence-electron chi connectivity index (χ2n) is 7.87. The van der Waals surface area contributed by atoms with Crippen molar-refractivity contribution in [3.8, 4) is 0 Å². The van der Waals surface area contributed by atoms with Crippen LogP contribution < -0.4 is 5.32 Å². The van der Waals surface area contributed by atoms with Gasteiger partial charge in [0.05, 0.1) is 18.9 Å². The maximum Gasteiger partial charge on any atom is 0.220 e. The fourth-order valence-corrected chi connectivity index (χ4v) is 4.02. The molecule has 0 aromatic carbocycles. The number of ether oxygens (including phenoxy) is 2. The maximum atomic E-state index is 12.5. The molecular formula is C20H34N4O3. The number of hydrogen-bond donors (Lipinski definition) is 1. The molecule has 0 saturated carbocycles. The van der Waals surface area contributed by atoms with E-state index < -0.39 is 0 Å². The van der Waals surface area contributed by atoms with E-state index >= 15 is 0 Å². The molecule has 0 atom stereocenters. The summed E-state index contributed by atoms with van der Waals surface area (Å²) in [4.78, 5) is 15.0. The molecule has 2 saturated heterocycles. The summed E-state index contributed by atoms with van der Waals surface area (Å²) in [7, 11) is 0. The first kappa shape index (κ1) is 20.3. The number of rotatable bonds is 8. The van der Waals surface area contributed by atoms with Crippen molar-refractivity contribution in [3.63, 3.8) is 0 Å². The van der Waals surface area contributed by atoms with Crippen LogP contribution >= 0.6 is 0 Å². The van der Waals surface area contributed by atoms with Crippen LogP contribution in [0.4, 0.5) is 0 Å². The Morgan fingerprint density at radius 2 is 1.93 bits per heavy atom. The lowest BCUT2D eigenvalue weighted by atomic mass is 9.79. The van der Waals surface area contributed by atoms with Crippen LogP contribution in [0.1, 0.15) is 37.4 Å². The minimum absolute atomic E-state index is 0.119. The molecule has 1 aromatic heterocycles. The highest BCUT2D eigenvalue weighted by molar-refractivity contribution is 5.76. The average molecular weight is 379 g/mol. The largest absolute Gasteiger partial charge is 0.381 e. The van der Waals surface area contributed by atoms with Gasteiger partial charge in [-0.3, -0.25) is 14.4 Å². The monoisotopic (exact) mass is 378 g/mol. The number of carbonyl (C=O) groups is 1. The summed E-state index contributed by atoms with van der Waals surface area (Å²) in [6.07, 6.45) is 5.33. The molecule has 1 amide bonds. The minimum Gasteiger partial charge on any atom is -0.381 e. The number of aromatic nitrogens is 2. The van der Waals surface area contributed by atoms with E-state index in [9.17, 15) is 4.79 Å². The molecule has 0 unspecified atom stereocenters. The van der Waals surface area contributed by atoms with Gasteiger partial charge in [-0.25, -0.2) is 0 Å². The lowest BCUT2D eigenvalue weighted by Gasteiger charge is -2.42. The van der Waals surface area contributed by atoms with Gasteiger partial charge in [0.15, 0.2) is 0 Å². The fourth-order valence-electron chi connectivity index (χ4n) is 4.02. The summed E-state index contributed by atoms with van der Waals surface area (Å²) < 4.78 is 13.0. The van der Waals surface area contributed by atoms with Crippen LogP contribution in [-0.2, 0) is 27.2 Å². The van der Waals surface area contributed by atoms with Crippen molar-refractivity contribution in [2.75, 3.05) is 52.6 Å². The average Bonchev–Trinajstić information content (AvgIpc) is 3.06. The second-order valence-corrected chi connectivity index (χ2v) is 7.87. The first-order chi connectivity index (χ1) is 13.1. The predicted molar refractivity (Wildman–Crippen MR) is 104 cm³/mol. The summed E-state index contributed by atoms with van der Waals surface area (Å²) >= 11 is 0.